The zero-order valence-corrected chi connectivity index (χ0v) is 11.9. The zero-order valence-electron chi connectivity index (χ0n) is 11.9. The molecule has 19 heavy (non-hydrogen) atoms. The molecule has 4 heteroatoms. The maximum Gasteiger partial charge on any atom is 0.321 e. The van der Waals surface area contributed by atoms with Crippen molar-refractivity contribution in [3.8, 4) is 5.75 Å². The summed E-state index contributed by atoms with van der Waals surface area (Å²) in [5.74, 6) is 1.57. The first-order valence-corrected chi connectivity index (χ1v) is 6.80. The number of urea groups is 1. The number of piperidine rings is 1. The summed E-state index contributed by atoms with van der Waals surface area (Å²) >= 11 is 0. The highest BCUT2D eigenvalue weighted by molar-refractivity contribution is 5.89. The van der Waals surface area contributed by atoms with E-state index in [1.807, 2.05) is 30.0 Å². The number of carbonyl (C=O) groups is 1. The fraction of sp³-hybridized carbons (Fsp3) is 0.533. The van der Waals surface area contributed by atoms with Crippen LogP contribution in [0.2, 0.25) is 0 Å². The fourth-order valence-corrected chi connectivity index (χ4v) is 2.37. The molecule has 2 amide bonds. The van der Waals surface area contributed by atoms with Crippen LogP contribution in [0.5, 0.6) is 5.75 Å². The van der Waals surface area contributed by atoms with Gasteiger partial charge in [0.15, 0.2) is 0 Å². The second kappa shape index (κ2) is 5.95. The number of nitrogens with one attached hydrogen (secondary N) is 1. The van der Waals surface area contributed by atoms with Gasteiger partial charge in [0.2, 0.25) is 0 Å². The summed E-state index contributed by atoms with van der Waals surface area (Å²) in [6.45, 7) is 5.91. The highest BCUT2D eigenvalue weighted by Gasteiger charge is 2.20. The molecular weight excluding hydrogens is 240 g/mol. The van der Waals surface area contributed by atoms with Crippen LogP contribution >= 0.6 is 0 Å². The molecule has 0 spiro atoms. The number of anilines is 1. The summed E-state index contributed by atoms with van der Waals surface area (Å²) in [6.07, 6.45) is 2.18. The van der Waals surface area contributed by atoms with Gasteiger partial charge in [-0.1, -0.05) is 6.92 Å². The molecule has 4 nitrogen and oxygen atoms in total. The lowest BCUT2D eigenvalue weighted by Gasteiger charge is -2.30. The summed E-state index contributed by atoms with van der Waals surface area (Å²) in [5, 5.41) is 2.95. The van der Waals surface area contributed by atoms with Crippen LogP contribution in [0.1, 0.15) is 25.3 Å². The number of ether oxygens (including phenoxy) is 1. The van der Waals surface area contributed by atoms with Crippen molar-refractivity contribution in [1.82, 2.24) is 4.90 Å². The monoisotopic (exact) mass is 262 g/mol. The first-order valence-electron chi connectivity index (χ1n) is 6.80. The normalized spacial score (nSPS) is 16.3. The Morgan fingerprint density at radius 2 is 2.05 bits per heavy atom. The quantitative estimate of drug-likeness (QED) is 0.888. The van der Waals surface area contributed by atoms with E-state index in [1.54, 1.807) is 7.11 Å². The minimum absolute atomic E-state index is 0.00327. The molecule has 1 aliphatic rings. The van der Waals surface area contributed by atoms with Gasteiger partial charge in [-0.2, -0.15) is 0 Å². The minimum Gasteiger partial charge on any atom is -0.496 e. The van der Waals surface area contributed by atoms with E-state index in [2.05, 4.69) is 12.2 Å². The lowest BCUT2D eigenvalue weighted by atomic mass is 10.00. The van der Waals surface area contributed by atoms with Crippen molar-refractivity contribution in [2.24, 2.45) is 5.92 Å². The topological polar surface area (TPSA) is 41.6 Å². The van der Waals surface area contributed by atoms with Gasteiger partial charge in [-0.05, 0) is 49.4 Å². The molecule has 1 heterocycles. The van der Waals surface area contributed by atoms with Crippen LogP contribution in [0, 0.1) is 12.8 Å². The van der Waals surface area contributed by atoms with Crippen molar-refractivity contribution in [1.29, 1.82) is 0 Å². The highest BCUT2D eigenvalue weighted by Crippen LogP contribution is 2.22. The Hall–Kier alpha value is -1.71. The second-order valence-electron chi connectivity index (χ2n) is 5.28. The molecule has 0 unspecified atom stereocenters. The van der Waals surface area contributed by atoms with Gasteiger partial charge in [-0.15, -0.1) is 0 Å². The Morgan fingerprint density at radius 3 is 2.63 bits per heavy atom. The number of aryl methyl sites for hydroxylation is 1. The number of nitrogens with zero attached hydrogens (tertiary/aromatic N) is 1. The Balaban J connectivity index is 1.97. The number of rotatable bonds is 2. The van der Waals surface area contributed by atoms with Crippen molar-refractivity contribution in [2.75, 3.05) is 25.5 Å². The standard InChI is InChI=1S/C15H22N2O2/c1-11-6-8-17(9-7-11)15(18)16-13-4-5-14(19-3)12(2)10-13/h4-5,10-11H,6-9H2,1-3H3,(H,16,18). The molecule has 0 radical (unpaired) electrons. The van der Waals surface area contributed by atoms with Gasteiger partial charge in [-0.25, -0.2) is 4.79 Å². The Bertz CT molecular complexity index is 451. The van der Waals surface area contributed by atoms with Gasteiger partial charge < -0.3 is 15.0 Å². The van der Waals surface area contributed by atoms with Crippen LogP contribution in [0.25, 0.3) is 0 Å². The third kappa shape index (κ3) is 3.40. The minimum atomic E-state index is -0.00327. The van der Waals surface area contributed by atoms with Crippen molar-refractivity contribution >= 4 is 11.7 Å². The number of benzene rings is 1. The molecule has 1 N–H and O–H groups in total. The molecule has 104 valence electrons. The van der Waals surface area contributed by atoms with Crippen molar-refractivity contribution < 1.29 is 9.53 Å². The van der Waals surface area contributed by atoms with Gasteiger partial charge in [0, 0.05) is 18.8 Å². The van der Waals surface area contributed by atoms with Gasteiger partial charge in [0.05, 0.1) is 7.11 Å². The van der Waals surface area contributed by atoms with Crippen molar-refractivity contribution in [3.05, 3.63) is 23.8 Å². The van der Waals surface area contributed by atoms with E-state index in [0.29, 0.717) is 0 Å². The highest BCUT2D eigenvalue weighted by atomic mass is 16.5. The Kier molecular flexibility index (Phi) is 4.30. The molecule has 1 saturated heterocycles. The summed E-state index contributed by atoms with van der Waals surface area (Å²) in [4.78, 5) is 14.0. The molecule has 0 aromatic heterocycles. The SMILES string of the molecule is COc1ccc(NC(=O)N2CCC(C)CC2)cc1C. The Morgan fingerprint density at radius 1 is 1.37 bits per heavy atom. The van der Waals surface area contributed by atoms with Gasteiger partial charge in [-0.3, -0.25) is 0 Å². The Labute approximate surface area is 114 Å². The lowest BCUT2D eigenvalue weighted by molar-refractivity contribution is 0.186. The van der Waals surface area contributed by atoms with Gasteiger partial charge in [0.25, 0.3) is 0 Å². The van der Waals surface area contributed by atoms with Crippen LogP contribution in [0.4, 0.5) is 10.5 Å². The predicted molar refractivity (Wildman–Crippen MR) is 76.7 cm³/mol. The first kappa shape index (κ1) is 13.7. The van der Waals surface area contributed by atoms with Crippen molar-refractivity contribution in [3.63, 3.8) is 0 Å². The first-order chi connectivity index (χ1) is 9.10. The number of carbonyl (C=O) groups excluding carboxylic acids is 1. The second-order valence-corrected chi connectivity index (χ2v) is 5.28. The van der Waals surface area contributed by atoms with E-state index in [4.69, 9.17) is 4.74 Å². The van der Waals surface area contributed by atoms with E-state index >= 15 is 0 Å². The number of likely N-dealkylation sites (tertiary alicyclic amines) is 1. The fourth-order valence-electron chi connectivity index (χ4n) is 2.37. The van der Waals surface area contributed by atoms with Gasteiger partial charge >= 0.3 is 6.03 Å². The van der Waals surface area contributed by atoms with E-state index in [9.17, 15) is 4.79 Å². The van der Waals surface area contributed by atoms with Crippen LogP contribution in [0.15, 0.2) is 18.2 Å². The average molecular weight is 262 g/mol. The summed E-state index contributed by atoms with van der Waals surface area (Å²) in [7, 11) is 1.65. The van der Waals surface area contributed by atoms with Gasteiger partial charge in [0.1, 0.15) is 5.75 Å². The number of methoxy groups -OCH3 is 1. The maximum atomic E-state index is 12.1. The van der Waals surface area contributed by atoms with E-state index < -0.39 is 0 Å². The van der Waals surface area contributed by atoms with Crippen LogP contribution in [-0.2, 0) is 0 Å². The third-order valence-corrected chi connectivity index (χ3v) is 3.72. The molecule has 2 rings (SSSR count). The molecule has 1 aromatic carbocycles. The molecule has 0 aliphatic carbocycles. The summed E-state index contributed by atoms with van der Waals surface area (Å²) < 4.78 is 5.21. The molecule has 0 bridgehead atoms. The van der Waals surface area contributed by atoms with Crippen molar-refractivity contribution in [2.45, 2.75) is 26.7 Å². The molecular formula is C15H22N2O2. The summed E-state index contributed by atoms with van der Waals surface area (Å²) in [5.41, 5.74) is 1.84. The summed E-state index contributed by atoms with van der Waals surface area (Å²) in [6, 6.07) is 5.68. The molecule has 0 saturated carbocycles. The molecule has 1 aliphatic heterocycles. The number of hydrogen-bond donors (Lipinski definition) is 1. The number of hydrogen-bond acceptors (Lipinski definition) is 2. The van der Waals surface area contributed by atoms with E-state index in [0.717, 1.165) is 48.8 Å². The number of amides is 2. The lowest BCUT2D eigenvalue weighted by Crippen LogP contribution is -2.40. The zero-order chi connectivity index (χ0) is 13.8. The molecule has 0 atom stereocenters. The van der Waals surface area contributed by atoms with Crippen LogP contribution in [0.3, 0.4) is 0 Å². The van der Waals surface area contributed by atoms with Crippen LogP contribution < -0.4 is 10.1 Å². The van der Waals surface area contributed by atoms with E-state index in [-0.39, 0.29) is 6.03 Å². The third-order valence-electron chi connectivity index (χ3n) is 3.72. The predicted octanol–water partition coefficient (Wildman–Crippen LogP) is 3.27. The average Bonchev–Trinajstić information content (AvgIpc) is 2.39. The molecule has 1 fully saturated rings. The van der Waals surface area contributed by atoms with E-state index in [1.165, 1.54) is 0 Å². The smallest absolute Gasteiger partial charge is 0.321 e. The maximum absolute atomic E-state index is 12.1. The van der Waals surface area contributed by atoms with Crippen LogP contribution in [-0.4, -0.2) is 31.1 Å². The molecule has 1 aromatic rings. The largest absolute Gasteiger partial charge is 0.496 e.